The zero-order chi connectivity index (χ0) is 12.7. The number of benzene rings is 1. The van der Waals surface area contributed by atoms with Crippen LogP contribution in [0.5, 0.6) is 5.75 Å². The Morgan fingerprint density at radius 1 is 1.29 bits per heavy atom. The Morgan fingerprint density at radius 3 is 2.76 bits per heavy atom. The molecule has 0 saturated heterocycles. The van der Waals surface area contributed by atoms with E-state index in [4.69, 9.17) is 4.74 Å². The number of nitrogens with one attached hydrogen (secondary N) is 1. The molecule has 0 aliphatic carbocycles. The third kappa shape index (κ3) is 5.63. The molecule has 0 saturated carbocycles. The van der Waals surface area contributed by atoms with E-state index in [-0.39, 0.29) is 5.75 Å². The van der Waals surface area contributed by atoms with Gasteiger partial charge in [-0.05, 0) is 37.6 Å². The van der Waals surface area contributed by atoms with Gasteiger partial charge in [-0.15, -0.1) is 0 Å². The highest BCUT2D eigenvalue weighted by Gasteiger charge is 2.04. The average molecular weight is 243 g/mol. The second-order valence-corrected chi connectivity index (χ2v) is 4.37. The van der Waals surface area contributed by atoms with Crippen molar-refractivity contribution in [3.63, 3.8) is 0 Å². The van der Waals surface area contributed by atoms with Gasteiger partial charge in [0.1, 0.15) is 5.82 Å². The van der Waals surface area contributed by atoms with E-state index in [1.165, 1.54) is 0 Å². The summed E-state index contributed by atoms with van der Waals surface area (Å²) >= 11 is 0. The van der Waals surface area contributed by atoms with Crippen LogP contribution >= 0.6 is 0 Å². The lowest BCUT2D eigenvalue weighted by Gasteiger charge is -2.09. The lowest BCUT2D eigenvalue weighted by atomic mass is 10.2. The van der Waals surface area contributed by atoms with Crippen LogP contribution < -0.4 is 10.1 Å². The lowest BCUT2D eigenvalue weighted by Crippen LogP contribution is -2.22. The summed E-state index contributed by atoms with van der Waals surface area (Å²) < 4.78 is 31.1. The van der Waals surface area contributed by atoms with Crippen molar-refractivity contribution in [1.29, 1.82) is 0 Å². The molecule has 0 unspecified atom stereocenters. The van der Waals surface area contributed by atoms with Crippen LogP contribution in [0.2, 0.25) is 0 Å². The third-order valence-electron chi connectivity index (χ3n) is 2.20. The molecule has 0 heterocycles. The summed E-state index contributed by atoms with van der Waals surface area (Å²) in [6.45, 7) is 6.41. The Kier molecular flexibility index (Phi) is 5.91. The normalized spacial score (nSPS) is 10.9. The van der Waals surface area contributed by atoms with Crippen LogP contribution in [-0.2, 0) is 0 Å². The molecule has 4 heteroatoms. The van der Waals surface area contributed by atoms with Crippen LogP contribution in [0.25, 0.3) is 0 Å². The van der Waals surface area contributed by atoms with E-state index in [0.717, 1.165) is 37.7 Å². The van der Waals surface area contributed by atoms with E-state index in [1.807, 2.05) is 0 Å². The number of ether oxygens (including phenoxy) is 1. The number of halogens is 2. The Hall–Kier alpha value is -1.16. The highest BCUT2D eigenvalue weighted by molar-refractivity contribution is 5.24. The summed E-state index contributed by atoms with van der Waals surface area (Å²) in [5.74, 6) is -0.425. The van der Waals surface area contributed by atoms with Gasteiger partial charge >= 0.3 is 0 Å². The predicted octanol–water partition coefficient (Wildman–Crippen LogP) is 2.98. The first-order chi connectivity index (χ1) is 8.09. The molecule has 0 bridgehead atoms. The molecule has 0 amide bonds. The van der Waals surface area contributed by atoms with E-state index < -0.39 is 11.6 Å². The summed E-state index contributed by atoms with van der Waals surface area (Å²) in [6, 6.07) is 3.21. The SMILES string of the molecule is CC(C)CNCCCOc1cc(F)ccc1F. The van der Waals surface area contributed by atoms with Gasteiger partial charge in [-0.1, -0.05) is 13.8 Å². The molecule has 0 spiro atoms. The molecular formula is C13H19F2NO. The minimum Gasteiger partial charge on any atom is -0.490 e. The molecule has 96 valence electrons. The molecule has 0 aromatic heterocycles. The standard InChI is InChI=1S/C13H19F2NO/c1-10(2)9-16-6-3-7-17-13-8-11(14)4-5-12(13)15/h4-5,8,10,16H,3,6-7,9H2,1-2H3. The molecule has 1 N–H and O–H groups in total. The third-order valence-corrected chi connectivity index (χ3v) is 2.20. The Bertz CT molecular complexity index is 342. The highest BCUT2D eigenvalue weighted by atomic mass is 19.1. The molecule has 1 rings (SSSR count). The largest absolute Gasteiger partial charge is 0.490 e. The van der Waals surface area contributed by atoms with E-state index in [1.54, 1.807) is 0 Å². The molecule has 0 aliphatic rings. The first-order valence-corrected chi connectivity index (χ1v) is 5.88. The summed E-state index contributed by atoms with van der Waals surface area (Å²) in [5.41, 5.74) is 0. The quantitative estimate of drug-likeness (QED) is 0.743. The van der Waals surface area contributed by atoms with Crippen molar-refractivity contribution in [2.75, 3.05) is 19.7 Å². The summed E-state index contributed by atoms with van der Waals surface area (Å²) in [7, 11) is 0. The monoisotopic (exact) mass is 243 g/mol. The van der Waals surface area contributed by atoms with Crippen LogP contribution in [0.3, 0.4) is 0 Å². The molecule has 17 heavy (non-hydrogen) atoms. The fraction of sp³-hybridized carbons (Fsp3) is 0.538. The fourth-order valence-corrected chi connectivity index (χ4v) is 1.36. The van der Waals surface area contributed by atoms with Crippen molar-refractivity contribution in [2.24, 2.45) is 5.92 Å². The van der Waals surface area contributed by atoms with Crippen LogP contribution in [0.1, 0.15) is 20.3 Å². The van der Waals surface area contributed by atoms with E-state index >= 15 is 0 Å². The average Bonchev–Trinajstić information content (AvgIpc) is 2.27. The molecule has 2 nitrogen and oxygen atoms in total. The molecule has 0 aliphatic heterocycles. The highest BCUT2D eigenvalue weighted by Crippen LogP contribution is 2.17. The van der Waals surface area contributed by atoms with Gasteiger partial charge in [0.25, 0.3) is 0 Å². The maximum Gasteiger partial charge on any atom is 0.165 e. The summed E-state index contributed by atoms with van der Waals surface area (Å²) in [5, 5.41) is 3.25. The summed E-state index contributed by atoms with van der Waals surface area (Å²) in [6.07, 6.45) is 0.767. The molecule has 1 aromatic carbocycles. The Balaban J connectivity index is 2.20. The molecule has 0 fully saturated rings. The van der Waals surface area contributed by atoms with Gasteiger partial charge in [-0.25, -0.2) is 8.78 Å². The van der Waals surface area contributed by atoms with Gasteiger partial charge < -0.3 is 10.1 Å². The number of hydrogen-bond donors (Lipinski definition) is 1. The fourth-order valence-electron chi connectivity index (χ4n) is 1.36. The van der Waals surface area contributed by atoms with Gasteiger partial charge in [0.15, 0.2) is 11.6 Å². The predicted molar refractivity (Wildman–Crippen MR) is 64.2 cm³/mol. The molecule has 0 atom stereocenters. The first kappa shape index (κ1) is 13.9. The maximum atomic E-state index is 13.1. The molecule has 1 aromatic rings. The van der Waals surface area contributed by atoms with Gasteiger partial charge in [-0.3, -0.25) is 0 Å². The van der Waals surface area contributed by atoms with E-state index in [9.17, 15) is 8.78 Å². The van der Waals surface area contributed by atoms with Crippen molar-refractivity contribution in [2.45, 2.75) is 20.3 Å². The first-order valence-electron chi connectivity index (χ1n) is 5.88. The Morgan fingerprint density at radius 2 is 2.06 bits per heavy atom. The van der Waals surface area contributed by atoms with Gasteiger partial charge in [0.05, 0.1) is 6.61 Å². The van der Waals surface area contributed by atoms with Crippen molar-refractivity contribution < 1.29 is 13.5 Å². The smallest absolute Gasteiger partial charge is 0.165 e. The van der Waals surface area contributed by atoms with Crippen LogP contribution in [0, 0.1) is 17.6 Å². The van der Waals surface area contributed by atoms with Gasteiger partial charge in [0.2, 0.25) is 0 Å². The molecule has 0 radical (unpaired) electrons. The number of hydrogen-bond acceptors (Lipinski definition) is 2. The van der Waals surface area contributed by atoms with Gasteiger partial charge in [0, 0.05) is 6.07 Å². The zero-order valence-corrected chi connectivity index (χ0v) is 10.3. The maximum absolute atomic E-state index is 13.1. The zero-order valence-electron chi connectivity index (χ0n) is 10.3. The van der Waals surface area contributed by atoms with E-state index in [0.29, 0.717) is 12.5 Å². The second kappa shape index (κ2) is 7.22. The second-order valence-electron chi connectivity index (χ2n) is 4.37. The van der Waals surface area contributed by atoms with Crippen molar-refractivity contribution in [1.82, 2.24) is 5.32 Å². The minimum atomic E-state index is -0.526. The van der Waals surface area contributed by atoms with Crippen LogP contribution in [0.4, 0.5) is 8.78 Å². The molecular weight excluding hydrogens is 224 g/mol. The summed E-state index contributed by atoms with van der Waals surface area (Å²) in [4.78, 5) is 0. The lowest BCUT2D eigenvalue weighted by molar-refractivity contribution is 0.290. The topological polar surface area (TPSA) is 21.3 Å². The van der Waals surface area contributed by atoms with Crippen molar-refractivity contribution in [3.8, 4) is 5.75 Å². The van der Waals surface area contributed by atoms with Gasteiger partial charge in [-0.2, -0.15) is 0 Å². The Labute approximate surface area is 101 Å². The van der Waals surface area contributed by atoms with Crippen molar-refractivity contribution in [3.05, 3.63) is 29.8 Å². The van der Waals surface area contributed by atoms with Crippen LogP contribution in [-0.4, -0.2) is 19.7 Å². The minimum absolute atomic E-state index is 0.0196. The van der Waals surface area contributed by atoms with Crippen molar-refractivity contribution >= 4 is 0 Å². The van der Waals surface area contributed by atoms with E-state index in [2.05, 4.69) is 19.2 Å². The van der Waals surface area contributed by atoms with Crippen LogP contribution in [0.15, 0.2) is 18.2 Å². The number of rotatable bonds is 7.